The Morgan fingerprint density at radius 3 is 1.56 bits per heavy atom. The Kier molecular flexibility index (Phi) is 21.0. The second-order valence-corrected chi connectivity index (χ2v) is 8.98. The molecule has 0 spiro atoms. The van der Waals surface area contributed by atoms with E-state index in [1.54, 1.807) is 13.8 Å². The summed E-state index contributed by atoms with van der Waals surface area (Å²) >= 11 is 0. The Balaban J connectivity index is 0. The SMILES string of the molecule is CCCCCCCCCCCC[N+](C)(C)CCO.CCOP(=O)([O-])OCC. The number of hydrogen-bond acceptors (Lipinski definition) is 5. The molecule has 7 heteroatoms. The number of aliphatic hydroxyl groups is 1. The van der Waals surface area contributed by atoms with E-state index in [9.17, 15) is 9.46 Å². The molecule has 0 radical (unpaired) electrons. The average Bonchev–Trinajstić information content (AvgIpc) is 2.57. The minimum atomic E-state index is -3.94. The lowest BCUT2D eigenvalue weighted by molar-refractivity contribution is -0.890. The first kappa shape index (κ1) is 29.2. The van der Waals surface area contributed by atoms with Crippen LogP contribution in [0.5, 0.6) is 0 Å². The maximum atomic E-state index is 10.4. The summed E-state index contributed by atoms with van der Waals surface area (Å²) in [4.78, 5) is 10.4. The van der Waals surface area contributed by atoms with Crippen molar-refractivity contribution < 1.29 is 28.1 Å². The van der Waals surface area contributed by atoms with Crippen molar-refractivity contribution in [3.63, 3.8) is 0 Å². The third-order valence-electron chi connectivity index (χ3n) is 4.40. The van der Waals surface area contributed by atoms with Crippen LogP contribution in [0.3, 0.4) is 0 Å². The molecule has 0 unspecified atom stereocenters. The monoisotopic (exact) mass is 411 g/mol. The first-order valence-electron chi connectivity index (χ1n) is 10.8. The molecular formula is C20H46NO5P. The van der Waals surface area contributed by atoms with E-state index in [2.05, 4.69) is 30.1 Å². The summed E-state index contributed by atoms with van der Waals surface area (Å²) < 4.78 is 19.9. The van der Waals surface area contributed by atoms with Crippen LogP contribution in [0, 0.1) is 0 Å². The van der Waals surface area contributed by atoms with Crippen LogP contribution >= 0.6 is 7.82 Å². The number of nitrogens with zero attached hydrogens (tertiary/aromatic N) is 1. The normalized spacial score (nSPS) is 12.0. The smallest absolute Gasteiger partial charge is 0.267 e. The van der Waals surface area contributed by atoms with Gasteiger partial charge in [0.25, 0.3) is 7.82 Å². The second-order valence-electron chi connectivity index (χ2n) is 7.57. The van der Waals surface area contributed by atoms with Gasteiger partial charge in [-0.15, -0.1) is 0 Å². The van der Waals surface area contributed by atoms with Crippen molar-refractivity contribution >= 4 is 7.82 Å². The van der Waals surface area contributed by atoms with E-state index in [4.69, 9.17) is 5.11 Å². The van der Waals surface area contributed by atoms with Crippen molar-refractivity contribution in [3.8, 4) is 0 Å². The summed E-state index contributed by atoms with van der Waals surface area (Å²) in [5.41, 5.74) is 0. The number of quaternary nitrogens is 1. The Morgan fingerprint density at radius 2 is 1.19 bits per heavy atom. The largest absolute Gasteiger partial charge is 0.756 e. The molecule has 0 aromatic heterocycles. The number of likely N-dealkylation sites (N-methyl/N-ethyl adjacent to an activating group) is 1. The van der Waals surface area contributed by atoms with E-state index in [1.165, 1.54) is 70.8 Å². The average molecular weight is 412 g/mol. The van der Waals surface area contributed by atoms with Gasteiger partial charge >= 0.3 is 0 Å². The maximum absolute atomic E-state index is 10.4. The Labute approximate surface area is 168 Å². The van der Waals surface area contributed by atoms with Gasteiger partial charge in [0.05, 0.1) is 40.5 Å². The highest BCUT2D eigenvalue weighted by atomic mass is 31.2. The Hall–Kier alpha value is 0.0300. The van der Waals surface area contributed by atoms with Crippen LogP contribution in [0.2, 0.25) is 0 Å². The lowest BCUT2D eigenvalue weighted by Crippen LogP contribution is -2.42. The maximum Gasteiger partial charge on any atom is 0.267 e. The zero-order valence-corrected chi connectivity index (χ0v) is 19.5. The Morgan fingerprint density at radius 1 is 0.778 bits per heavy atom. The molecule has 0 aliphatic rings. The predicted octanol–water partition coefficient (Wildman–Crippen LogP) is 4.50. The molecule has 0 aromatic carbocycles. The number of phosphoric ester groups is 1. The molecule has 0 fully saturated rings. The molecule has 6 nitrogen and oxygen atoms in total. The van der Waals surface area contributed by atoms with E-state index in [0.29, 0.717) is 6.61 Å². The molecule has 0 aliphatic carbocycles. The van der Waals surface area contributed by atoms with E-state index >= 15 is 0 Å². The highest BCUT2D eigenvalue weighted by Gasteiger charge is 2.12. The highest BCUT2D eigenvalue weighted by Crippen LogP contribution is 2.37. The van der Waals surface area contributed by atoms with Crippen LogP contribution in [-0.4, -0.2) is 56.6 Å². The molecule has 0 rings (SSSR count). The van der Waals surface area contributed by atoms with Crippen LogP contribution in [0.1, 0.15) is 85.0 Å². The van der Waals surface area contributed by atoms with Crippen LogP contribution in [0.25, 0.3) is 0 Å². The van der Waals surface area contributed by atoms with E-state index < -0.39 is 7.82 Å². The third-order valence-corrected chi connectivity index (χ3v) is 5.55. The van der Waals surface area contributed by atoms with Gasteiger partial charge in [-0.05, 0) is 26.7 Å². The van der Waals surface area contributed by atoms with Crippen molar-refractivity contribution in [2.75, 3.05) is 47.0 Å². The standard InChI is InChI=1S/C16H36NO.C4H11O4P/c1-4-5-6-7-8-9-10-11-12-13-14-17(2,3)15-16-18;1-3-7-9(5,6)8-4-2/h18H,4-16H2,1-3H3;3-4H2,1-2H3,(H,5,6)/q+1;/p-1. The molecule has 1 N–H and O–H groups in total. The predicted molar refractivity (Wildman–Crippen MR) is 112 cm³/mol. The summed E-state index contributed by atoms with van der Waals surface area (Å²) in [7, 11) is 0.482. The zero-order chi connectivity index (χ0) is 21.0. The fraction of sp³-hybridized carbons (Fsp3) is 1.00. The van der Waals surface area contributed by atoms with E-state index in [-0.39, 0.29) is 13.2 Å². The number of phosphoric acid groups is 1. The minimum absolute atomic E-state index is 0.126. The van der Waals surface area contributed by atoms with Crippen molar-refractivity contribution in [3.05, 3.63) is 0 Å². The van der Waals surface area contributed by atoms with Crippen molar-refractivity contribution in [1.29, 1.82) is 0 Å². The van der Waals surface area contributed by atoms with Crippen LogP contribution in [-0.2, 0) is 13.6 Å². The van der Waals surface area contributed by atoms with Crippen LogP contribution in [0.15, 0.2) is 0 Å². The molecule has 27 heavy (non-hydrogen) atoms. The molecule has 0 bridgehead atoms. The topological polar surface area (TPSA) is 78.8 Å². The molecule has 0 heterocycles. The first-order chi connectivity index (χ1) is 12.7. The molecule has 0 atom stereocenters. The number of rotatable bonds is 17. The third kappa shape index (κ3) is 24.0. The fourth-order valence-corrected chi connectivity index (χ4v) is 3.47. The minimum Gasteiger partial charge on any atom is -0.756 e. The Bertz CT molecular complexity index is 343. The van der Waals surface area contributed by atoms with Gasteiger partial charge in [0, 0.05) is 0 Å². The second kappa shape index (κ2) is 19.4. The molecule has 0 saturated heterocycles. The van der Waals surface area contributed by atoms with Gasteiger partial charge < -0.3 is 23.5 Å². The molecule has 0 saturated carbocycles. The van der Waals surface area contributed by atoms with Gasteiger partial charge in [-0.1, -0.05) is 58.3 Å². The summed E-state index contributed by atoms with van der Waals surface area (Å²) in [6.07, 6.45) is 14.0. The van der Waals surface area contributed by atoms with Crippen molar-refractivity contribution in [2.24, 2.45) is 0 Å². The molecule has 0 aromatic rings. The fourth-order valence-electron chi connectivity index (χ4n) is 2.76. The zero-order valence-electron chi connectivity index (χ0n) is 18.6. The van der Waals surface area contributed by atoms with Gasteiger partial charge in [0.15, 0.2) is 0 Å². The summed E-state index contributed by atoms with van der Waals surface area (Å²) in [5.74, 6) is 0. The summed E-state index contributed by atoms with van der Waals surface area (Å²) in [5, 5.41) is 8.95. The van der Waals surface area contributed by atoms with Gasteiger partial charge in [-0.2, -0.15) is 0 Å². The molecule has 0 aliphatic heterocycles. The van der Waals surface area contributed by atoms with Crippen molar-refractivity contribution in [2.45, 2.75) is 85.0 Å². The van der Waals surface area contributed by atoms with Gasteiger partial charge in [-0.3, -0.25) is 4.57 Å². The van der Waals surface area contributed by atoms with Crippen molar-refractivity contribution in [1.82, 2.24) is 0 Å². The lowest BCUT2D eigenvalue weighted by atomic mass is 10.1. The number of aliphatic hydroxyl groups excluding tert-OH is 1. The van der Waals surface area contributed by atoms with E-state index in [1.807, 2.05) is 0 Å². The molecule has 166 valence electrons. The van der Waals surface area contributed by atoms with E-state index in [0.717, 1.165) is 11.0 Å². The van der Waals surface area contributed by atoms with Gasteiger partial charge in [0.2, 0.25) is 0 Å². The van der Waals surface area contributed by atoms with Crippen LogP contribution in [0.4, 0.5) is 0 Å². The summed E-state index contributed by atoms with van der Waals surface area (Å²) in [6, 6.07) is 0. The molecule has 0 amide bonds. The number of unbranched alkanes of at least 4 members (excludes halogenated alkanes) is 9. The first-order valence-corrected chi connectivity index (χ1v) is 12.2. The lowest BCUT2D eigenvalue weighted by Gasteiger charge is -2.28. The van der Waals surface area contributed by atoms with Crippen LogP contribution < -0.4 is 4.89 Å². The quantitative estimate of drug-likeness (QED) is 0.216. The van der Waals surface area contributed by atoms with Gasteiger partial charge in [-0.25, -0.2) is 0 Å². The number of hydrogen-bond donors (Lipinski definition) is 1. The molecular weight excluding hydrogens is 365 g/mol. The van der Waals surface area contributed by atoms with Gasteiger partial charge in [0.1, 0.15) is 6.54 Å². The summed E-state index contributed by atoms with van der Waals surface area (Å²) in [6.45, 7) is 8.10. The highest BCUT2D eigenvalue weighted by molar-refractivity contribution is 7.45.